The van der Waals surface area contributed by atoms with E-state index in [1.165, 1.54) is 43.2 Å². The van der Waals surface area contributed by atoms with Crippen molar-refractivity contribution < 1.29 is 4.74 Å². The van der Waals surface area contributed by atoms with Crippen molar-refractivity contribution in [3.63, 3.8) is 0 Å². The molecule has 118 valence electrons. The van der Waals surface area contributed by atoms with E-state index in [2.05, 4.69) is 43.4 Å². The van der Waals surface area contributed by atoms with E-state index in [-0.39, 0.29) is 6.10 Å². The Morgan fingerprint density at radius 2 is 2.05 bits per heavy atom. The molecule has 0 aromatic heterocycles. The first-order valence-electron chi connectivity index (χ1n) is 8.78. The second-order valence-corrected chi connectivity index (χ2v) is 6.19. The maximum Gasteiger partial charge on any atom is 0.0842 e. The molecule has 2 unspecified atom stereocenters. The van der Waals surface area contributed by atoms with Crippen LogP contribution in [0, 0.1) is 0 Å². The van der Waals surface area contributed by atoms with Gasteiger partial charge >= 0.3 is 0 Å². The second-order valence-electron chi connectivity index (χ2n) is 6.19. The van der Waals surface area contributed by atoms with Gasteiger partial charge in [0.1, 0.15) is 0 Å². The summed E-state index contributed by atoms with van der Waals surface area (Å²) in [4.78, 5) is 0. The van der Waals surface area contributed by atoms with Gasteiger partial charge in [-0.25, -0.2) is 0 Å². The highest BCUT2D eigenvalue weighted by molar-refractivity contribution is 5.31. The van der Waals surface area contributed by atoms with Crippen LogP contribution in [-0.4, -0.2) is 19.2 Å². The van der Waals surface area contributed by atoms with Gasteiger partial charge in [-0.1, -0.05) is 57.4 Å². The van der Waals surface area contributed by atoms with Crippen molar-refractivity contribution in [3.8, 4) is 0 Å². The number of hydrogen-bond acceptors (Lipinski definition) is 2. The van der Waals surface area contributed by atoms with E-state index in [4.69, 9.17) is 4.74 Å². The van der Waals surface area contributed by atoms with Crippen LogP contribution in [0.3, 0.4) is 0 Å². The Morgan fingerprint density at radius 1 is 1.19 bits per heavy atom. The van der Waals surface area contributed by atoms with Crippen LogP contribution in [0.4, 0.5) is 0 Å². The molecule has 1 aliphatic heterocycles. The van der Waals surface area contributed by atoms with Crippen molar-refractivity contribution in [2.75, 3.05) is 13.2 Å². The van der Waals surface area contributed by atoms with E-state index in [0.29, 0.717) is 6.04 Å². The zero-order chi connectivity index (χ0) is 14.9. The standard InChI is InChI=1S/C19H31NO/c1-3-5-6-10-17(20-13-4-2)15-19-18-11-8-7-9-16(18)12-14-21-19/h7-9,11,17,19-20H,3-6,10,12-15H2,1-2H3. The van der Waals surface area contributed by atoms with Gasteiger partial charge in [-0.3, -0.25) is 0 Å². The number of rotatable bonds is 9. The average Bonchev–Trinajstić information content (AvgIpc) is 2.53. The zero-order valence-electron chi connectivity index (χ0n) is 13.7. The third kappa shape index (κ3) is 5.12. The van der Waals surface area contributed by atoms with Gasteiger partial charge in [0.25, 0.3) is 0 Å². The third-order valence-electron chi connectivity index (χ3n) is 4.43. The molecule has 2 rings (SSSR count). The lowest BCUT2D eigenvalue weighted by molar-refractivity contribution is 0.0286. The molecule has 0 aliphatic carbocycles. The van der Waals surface area contributed by atoms with Crippen molar-refractivity contribution in [1.82, 2.24) is 5.32 Å². The van der Waals surface area contributed by atoms with Crippen molar-refractivity contribution in [2.24, 2.45) is 0 Å². The minimum Gasteiger partial charge on any atom is -0.373 e. The highest BCUT2D eigenvalue weighted by atomic mass is 16.5. The van der Waals surface area contributed by atoms with Crippen LogP contribution < -0.4 is 5.32 Å². The first kappa shape index (κ1) is 16.5. The van der Waals surface area contributed by atoms with Crippen molar-refractivity contribution in [3.05, 3.63) is 35.4 Å². The Labute approximate surface area is 130 Å². The summed E-state index contributed by atoms with van der Waals surface area (Å²) in [6.45, 7) is 6.50. The number of nitrogens with one attached hydrogen (secondary N) is 1. The van der Waals surface area contributed by atoms with Gasteiger partial charge in [0.05, 0.1) is 12.7 Å². The number of unbranched alkanes of at least 4 members (excludes halogenated alkanes) is 2. The summed E-state index contributed by atoms with van der Waals surface area (Å²) in [5, 5.41) is 3.73. The molecule has 0 radical (unpaired) electrons. The molecule has 0 spiro atoms. The Balaban J connectivity index is 1.95. The number of hydrogen-bond donors (Lipinski definition) is 1. The van der Waals surface area contributed by atoms with Crippen LogP contribution in [0.15, 0.2) is 24.3 Å². The van der Waals surface area contributed by atoms with Crippen LogP contribution in [-0.2, 0) is 11.2 Å². The zero-order valence-corrected chi connectivity index (χ0v) is 13.7. The van der Waals surface area contributed by atoms with E-state index >= 15 is 0 Å². The summed E-state index contributed by atoms with van der Waals surface area (Å²) < 4.78 is 6.08. The summed E-state index contributed by atoms with van der Waals surface area (Å²) in [6, 6.07) is 9.40. The Kier molecular flexibility index (Phi) is 7.25. The SMILES string of the molecule is CCCCCC(CC1OCCc2ccccc21)NCCC. The summed E-state index contributed by atoms with van der Waals surface area (Å²) >= 11 is 0. The van der Waals surface area contributed by atoms with Crippen LogP contribution >= 0.6 is 0 Å². The molecule has 0 amide bonds. The van der Waals surface area contributed by atoms with Crippen LogP contribution in [0.1, 0.15) is 69.6 Å². The molecule has 0 saturated carbocycles. The summed E-state index contributed by atoms with van der Waals surface area (Å²) in [7, 11) is 0. The van der Waals surface area contributed by atoms with E-state index in [1.54, 1.807) is 0 Å². The average molecular weight is 289 g/mol. The molecule has 1 heterocycles. The van der Waals surface area contributed by atoms with Gasteiger partial charge in [0, 0.05) is 6.04 Å². The van der Waals surface area contributed by atoms with E-state index in [9.17, 15) is 0 Å². The molecule has 1 aliphatic rings. The molecule has 2 nitrogen and oxygen atoms in total. The maximum atomic E-state index is 6.08. The van der Waals surface area contributed by atoms with Gasteiger partial charge in [0.2, 0.25) is 0 Å². The molecule has 0 saturated heterocycles. The lowest BCUT2D eigenvalue weighted by atomic mass is 9.92. The minimum atomic E-state index is 0.283. The molecule has 0 fully saturated rings. The minimum absolute atomic E-state index is 0.283. The summed E-state index contributed by atoms with van der Waals surface area (Å²) in [5.41, 5.74) is 2.90. The lowest BCUT2D eigenvalue weighted by Crippen LogP contribution is -2.33. The van der Waals surface area contributed by atoms with E-state index < -0.39 is 0 Å². The molecular weight excluding hydrogens is 258 g/mol. The predicted molar refractivity (Wildman–Crippen MR) is 89.7 cm³/mol. The monoisotopic (exact) mass is 289 g/mol. The molecule has 2 atom stereocenters. The normalized spacial score (nSPS) is 19.2. The number of ether oxygens (including phenoxy) is 1. The Bertz CT molecular complexity index is 404. The molecule has 1 aromatic carbocycles. The van der Waals surface area contributed by atoms with Gasteiger partial charge < -0.3 is 10.1 Å². The van der Waals surface area contributed by atoms with Crippen molar-refractivity contribution in [1.29, 1.82) is 0 Å². The van der Waals surface area contributed by atoms with Crippen LogP contribution in [0.25, 0.3) is 0 Å². The van der Waals surface area contributed by atoms with Crippen molar-refractivity contribution >= 4 is 0 Å². The first-order valence-corrected chi connectivity index (χ1v) is 8.78. The van der Waals surface area contributed by atoms with Gasteiger partial charge in [-0.2, -0.15) is 0 Å². The van der Waals surface area contributed by atoms with Gasteiger partial charge in [0.15, 0.2) is 0 Å². The second kappa shape index (κ2) is 9.22. The topological polar surface area (TPSA) is 21.3 Å². The predicted octanol–water partition coefficient (Wildman–Crippen LogP) is 4.64. The molecule has 1 aromatic rings. The number of fused-ring (bicyclic) bond motifs is 1. The molecular formula is C19H31NO. The fourth-order valence-electron chi connectivity index (χ4n) is 3.22. The third-order valence-corrected chi connectivity index (χ3v) is 4.43. The fraction of sp³-hybridized carbons (Fsp3) is 0.684. The largest absolute Gasteiger partial charge is 0.373 e. The molecule has 21 heavy (non-hydrogen) atoms. The quantitative estimate of drug-likeness (QED) is 0.669. The lowest BCUT2D eigenvalue weighted by Gasteiger charge is -2.30. The summed E-state index contributed by atoms with van der Waals surface area (Å²) in [6.07, 6.45) is 8.89. The van der Waals surface area contributed by atoms with Gasteiger partial charge in [-0.15, -0.1) is 0 Å². The highest BCUT2D eigenvalue weighted by Crippen LogP contribution is 2.31. The van der Waals surface area contributed by atoms with E-state index in [0.717, 1.165) is 26.0 Å². The Morgan fingerprint density at radius 3 is 2.86 bits per heavy atom. The molecule has 1 N–H and O–H groups in total. The van der Waals surface area contributed by atoms with Crippen LogP contribution in [0.5, 0.6) is 0 Å². The summed E-state index contributed by atoms with van der Waals surface area (Å²) in [5.74, 6) is 0. The molecule has 0 bridgehead atoms. The van der Waals surface area contributed by atoms with Gasteiger partial charge in [-0.05, 0) is 43.4 Å². The van der Waals surface area contributed by atoms with Crippen LogP contribution in [0.2, 0.25) is 0 Å². The first-order chi connectivity index (χ1) is 10.3. The number of benzene rings is 1. The highest BCUT2D eigenvalue weighted by Gasteiger charge is 2.23. The van der Waals surface area contributed by atoms with E-state index in [1.807, 2.05) is 0 Å². The van der Waals surface area contributed by atoms with Crippen molar-refractivity contribution in [2.45, 2.75) is 70.9 Å². The smallest absolute Gasteiger partial charge is 0.0842 e. The molecule has 2 heteroatoms. The maximum absolute atomic E-state index is 6.08. The fourth-order valence-corrected chi connectivity index (χ4v) is 3.22. The Hall–Kier alpha value is -0.860.